The number of hydrogen-bond donors (Lipinski definition) is 0. The molecule has 2 heterocycles. The fraction of sp³-hybridized carbons (Fsp3) is 0.379. The molecule has 1 aromatic heterocycles. The molecule has 0 saturated carbocycles. The number of aromatic nitrogens is 1. The molecule has 3 nitrogen and oxygen atoms in total. The highest BCUT2D eigenvalue weighted by molar-refractivity contribution is 6.07. The lowest BCUT2D eigenvalue weighted by molar-refractivity contribution is 0.125. The van der Waals surface area contributed by atoms with Crippen LogP contribution in [0.4, 0.5) is 0 Å². The van der Waals surface area contributed by atoms with Crippen LogP contribution in [0.1, 0.15) is 31.2 Å². The predicted octanol–water partition coefficient (Wildman–Crippen LogP) is 6.17. The molecule has 1 aliphatic rings. The van der Waals surface area contributed by atoms with Crippen molar-refractivity contribution in [3.05, 3.63) is 84.4 Å². The van der Waals surface area contributed by atoms with Crippen molar-refractivity contribution >= 4 is 21.8 Å². The van der Waals surface area contributed by atoms with Crippen LogP contribution < -0.4 is 0 Å². The van der Waals surface area contributed by atoms with Crippen molar-refractivity contribution in [3.8, 4) is 0 Å². The van der Waals surface area contributed by atoms with Crippen LogP contribution in [0, 0.1) is 0 Å². The van der Waals surface area contributed by atoms with Gasteiger partial charge in [-0.15, -0.1) is 0 Å². The second kappa shape index (κ2) is 10.3. The first-order valence-electron chi connectivity index (χ1n) is 12.3. The molecule has 0 aliphatic carbocycles. The molecule has 0 unspecified atom stereocenters. The van der Waals surface area contributed by atoms with Gasteiger partial charge in [-0.2, -0.15) is 0 Å². The van der Waals surface area contributed by atoms with Crippen LogP contribution in [-0.2, 0) is 13.1 Å². The van der Waals surface area contributed by atoms with Gasteiger partial charge in [0.2, 0.25) is 0 Å². The van der Waals surface area contributed by atoms with Crippen molar-refractivity contribution in [2.45, 2.75) is 38.8 Å². The van der Waals surface area contributed by atoms with Crippen LogP contribution in [0.25, 0.3) is 21.8 Å². The largest absolute Gasteiger partial charge is 0.340 e. The maximum atomic E-state index is 2.66. The van der Waals surface area contributed by atoms with Gasteiger partial charge in [0.1, 0.15) is 0 Å². The highest BCUT2D eigenvalue weighted by atomic mass is 15.3. The summed E-state index contributed by atoms with van der Waals surface area (Å²) in [6.07, 6.45) is 5.23. The Kier molecular flexibility index (Phi) is 6.86. The standard InChI is InChI=1S/C29H35N3/c1(10-18-30-20-22-31(23-21-30)24-25-12-4-3-5-13-25)2-11-19-32-28-16-8-6-14-26(28)27-15-7-9-17-29(27)32/h3-9,12-17H,1-2,10-11,18-24H2. The minimum Gasteiger partial charge on any atom is -0.340 e. The van der Waals surface area contributed by atoms with Crippen molar-refractivity contribution in [3.63, 3.8) is 0 Å². The van der Waals surface area contributed by atoms with E-state index in [0.717, 1.165) is 13.1 Å². The third kappa shape index (κ3) is 4.90. The van der Waals surface area contributed by atoms with Crippen molar-refractivity contribution in [1.82, 2.24) is 14.4 Å². The molecule has 5 rings (SSSR count). The summed E-state index contributed by atoms with van der Waals surface area (Å²) in [6, 6.07) is 28.6. The molecule has 0 N–H and O–H groups in total. The number of piperazine rings is 1. The van der Waals surface area contributed by atoms with Crippen LogP contribution in [0.2, 0.25) is 0 Å². The Morgan fingerprint density at radius 1 is 0.500 bits per heavy atom. The molecule has 0 bridgehead atoms. The third-order valence-electron chi connectivity index (χ3n) is 7.00. The summed E-state index contributed by atoms with van der Waals surface area (Å²) in [5, 5.41) is 2.77. The summed E-state index contributed by atoms with van der Waals surface area (Å²) >= 11 is 0. The molecule has 1 aliphatic heterocycles. The summed E-state index contributed by atoms with van der Waals surface area (Å²) in [5.74, 6) is 0. The molecule has 1 saturated heterocycles. The van der Waals surface area contributed by atoms with E-state index in [9.17, 15) is 0 Å². The second-order valence-corrected chi connectivity index (χ2v) is 9.20. The SMILES string of the molecule is c1ccc(CN2CCN(CCCCCCn3c4ccccc4c4ccccc43)CC2)cc1. The van der Waals surface area contributed by atoms with Crippen LogP contribution in [0.3, 0.4) is 0 Å². The Bertz CT molecular complexity index is 1070. The molecule has 3 heteroatoms. The van der Waals surface area contributed by atoms with Gasteiger partial charge in [-0.1, -0.05) is 79.6 Å². The van der Waals surface area contributed by atoms with Gasteiger partial charge >= 0.3 is 0 Å². The van der Waals surface area contributed by atoms with Crippen molar-refractivity contribution < 1.29 is 0 Å². The van der Waals surface area contributed by atoms with Gasteiger partial charge in [-0.05, 0) is 37.1 Å². The van der Waals surface area contributed by atoms with E-state index in [1.54, 1.807) is 0 Å². The summed E-state index contributed by atoms with van der Waals surface area (Å²) in [5.41, 5.74) is 4.19. The highest BCUT2D eigenvalue weighted by Crippen LogP contribution is 2.29. The summed E-state index contributed by atoms with van der Waals surface area (Å²) in [6.45, 7) is 8.30. The first-order chi connectivity index (χ1) is 15.9. The molecule has 0 spiro atoms. The Balaban J connectivity index is 1.03. The van der Waals surface area contributed by atoms with E-state index in [1.165, 1.54) is 85.8 Å². The molecule has 32 heavy (non-hydrogen) atoms. The first-order valence-corrected chi connectivity index (χ1v) is 12.3. The van der Waals surface area contributed by atoms with Crippen molar-refractivity contribution in [2.24, 2.45) is 0 Å². The minimum absolute atomic E-state index is 1.09. The molecule has 4 aromatic rings. The van der Waals surface area contributed by atoms with E-state index >= 15 is 0 Å². The van der Waals surface area contributed by atoms with Crippen LogP contribution in [0.5, 0.6) is 0 Å². The third-order valence-corrected chi connectivity index (χ3v) is 7.00. The van der Waals surface area contributed by atoms with E-state index in [0.29, 0.717) is 0 Å². The Morgan fingerprint density at radius 2 is 1.03 bits per heavy atom. The molecule has 3 aromatic carbocycles. The van der Waals surface area contributed by atoms with Crippen LogP contribution in [-0.4, -0.2) is 47.1 Å². The van der Waals surface area contributed by atoms with Gasteiger partial charge in [-0.3, -0.25) is 4.90 Å². The van der Waals surface area contributed by atoms with Crippen LogP contribution >= 0.6 is 0 Å². The van der Waals surface area contributed by atoms with E-state index in [1.807, 2.05) is 0 Å². The quantitative estimate of drug-likeness (QED) is 0.297. The lowest BCUT2D eigenvalue weighted by Gasteiger charge is -2.34. The number of aryl methyl sites for hydroxylation is 1. The lowest BCUT2D eigenvalue weighted by Crippen LogP contribution is -2.46. The van der Waals surface area contributed by atoms with Gasteiger partial charge < -0.3 is 9.47 Å². The molecule has 0 radical (unpaired) electrons. The molecule has 0 amide bonds. The van der Waals surface area contributed by atoms with Gasteiger partial charge in [0.15, 0.2) is 0 Å². The highest BCUT2D eigenvalue weighted by Gasteiger charge is 2.16. The lowest BCUT2D eigenvalue weighted by atomic mass is 10.1. The minimum atomic E-state index is 1.09. The molecular weight excluding hydrogens is 390 g/mol. The average Bonchev–Trinajstić information content (AvgIpc) is 3.17. The Labute approximate surface area is 192 Å². The van der Waals surface area contributed by atoms with E-state index in [4.69, 9.17) is 0 Å². The number of para-hydroxylation sites is 2. The molecule has 1 fully saturated rings. The Hall–Kier alpha value is -2.62. The number of hydrogen-bond acceptors (Lipinski definition) is 2. The Morgan fingerprint density at radius 3 is 1.69 bits per heavy atom. The number of unbranched alkanes of at least 4 members (excludes halogenated alkanes) is 3. The van der Waals surface area contributed by atoms with Gasteiger partial charge in [0.05, 0.1) is 0 Å². The van der Waals surface area contributed by atoms with E-state index in [-0.39, 0.29) is 0 Å². The second-order valence-electron chi connectivity index (χ2n) is 9.20. The smallest absolute Gasteiger partial charge is 0.0491 e. The number of rotatable bonds is 9. The molecular formula is C29H35N3. The monoisotopic (exact) mass is 425 g/mol. The van der Waals surface area contributed by atoms with Gasteiger partial charge in [0, 0.05) is 61.1 Å². The van der Waals surface area contributed by atoms with E-state index in [2.05, 4.69) is 93.2 Å². The normalized spacial score (nSPS) is 15.6. The number of benzene rings is 3. The van der Waals surface area contributed by atoms with Crippen molar-refractivity contribution in [2.75, 3.05) is 32.7 Å². The first kappa shape index (κ1) is 21.2. The zero-order chi connectivity index (χ0) is 21.6. The summed E-state index contributed by atoms with van der Waals surface area (Å²) < 4.78 is 2.52. The summed E-state index contributed by atoms with van der Waals surface area (Å²) in [4.78, 5) is 5.26. The molecule has 166 valence electrons. The summed E-state index contributed by atoms with van der Waals surface area (Å²) in [7, 11) is 0. The average molecular weight is 426 g/mol. The number of nitrogens with zero attached hydrogens (tertiary/aromatic N) is 3. The predicted molar refractivity (Wildman–Crippen MR) is 136 cm³/mol. The molecule has 0 atom stereocenters. The maximum Gasteiger partial charge on any atom is 0.0491 e. The fourth-order valence-electron chi connectivity index (χ4n) is 5.22. The topological polar surface area (TPSA) is 11.4 Å². The van der Waals surface area contributed by atoms with Crippen molar-refractivity contribution in [1.29, 1.82) is 0 Å². The van der Waals surface area contributed by atoms with Gasteiger partial charge in [0.25, 0.3) is 0 Å². The zero-order valence-corrected chi connectivity index (χ0v) is 19.1. The number of fused-ring (bicyclic) bond motifs is 3. The van der Waals surface area contributed by atoms with Gasteiger partial charge in [-0.25, -0.2) is 0 Å². The zero-order valence-electron chi connectivity index (χ0n) is 19.1. The fourth-order valence-corrected chi connectivity index (χ4v) is 5.22. The van der Waals surface area contributed by atoms with Crippen LogP contribution in [0.15, 0.2) is 78.9 Å². The van der Waals surface area contributed by atoms with E-state index < -0.39 is 0 Å². The maximum absolute atomic E-state index is 2.66.